The van der Waals surface area contributed by atoms with Gasteiger partial charge in [-0.2, -0.15) is 0 Å². The molecule has 0 unspecified atom stereocenters. The first kappa shape index (κ1) is 14.4. The fraction of sp³-hybridized carbons (Fsp3) is 1.00. The lowest BCUT2D eigenvalue weighted by Crippen LogP contribution is -2.41. The topological polar surface area (TPSA) is 18.5 Å². The van der Waals surface area contributed by atoms with Gasteiger partial charge in [-0.05, 0) is 12.1 Å². The smallest absolute Gasteiger partial charge is 0.337 e. The van der Waals surface area contributed by atoms with Gasteiger partial charge < -0.3 is 8.85 Å². The van der Waals surface area contributed by atoms with Crippen LogP contribution in [0.4, 0.5) is 0 Å². The molecule has 14 heavy (non-hydrogen) atoms. The molecule has 0 spiro atoms. The van der Waals surface area contributed by atoms with E-state index in [-0.39, 0.29) is 0 Å². The van der Waals surface area contributed by atoms with Gasteiger partial charge in [0.15, 0.2) is 0 Å². The summed E-state index contributed by atoms with van der Waals surface area (Å²) in [5, 5.41) is 0. The normalized spacial score (nSPS) is 13.3. The van der Waals surface area contributed by atoms with Crippen LogP contribution in [0.2, 0.25) is 37.8 Å². The van der Waals surface area contributed by atoms with Gasteiger partial charge in [-0.3, -0.25) is 0 Å². The van der Waals surface area contributed by atoms with Crippen molar-refractivity contribution in [2.75, 3.05) is 14.2 Å². The first-order valence-corrected chi connectivity index (χ1v) is 11.4. The lowest BCUT2D eigenvalue weighted by Gasteiger charge is -2.29. The molecule has 4 heteroatoms. The fourth-order valence-electron chi connectivity index (χ4n) is 1.56. The van der Waals surface area contributed by atoms with Crippen molar-refractivity contribution in [1.82, 2.24) is 0 Å². The van der Waals surface area contributed by atoms with Crippen LogP contribution in [-0.2, 0) is 8.85 Å². The molecule has 0 aromatic rings. The molecular weight excluding hydrogens is 208 g/mol. The molecule has 0 atom stereocenters. The molecule has 0 radical (unpaired) electrons. The second-order valence-corrected chi connectivity index (χ2v) is 14.4. The molecular formula is C10H26O2Si2. The van der Waals surface area contributed by atoms with Gasteiger partial charge in [0, 0.05) is 22.3 Å². The first-order valence-electron chi connectivity index (χ1n) is 5.49. The van der Waals surface area contributed by atoms with E-state index >= 15 is 0 Å². The molecule has 0 saturated heterocycles. The Morgan fingerprint density at radius 3 is 1.64 bits per heavy atom. The summed E-state index contributed by atoms with van der Waals surface area (Å²) in [5.41, 5.74) is 0. The number of hydrogen-bond donors (Lipinski definition) is 0. The van der Waals surface area contributed by atoms with E-state index in [1.807, 2.05) is 14.2 Å². The summed E-state index contributed by atoms with van der Waals surface area (Å²) in [5.74, 6) is 0. The maximum Gasteiger partial charge on any atom is 0.337 e. The van der Waals surface area contributed by atoms with Crippen LogP contribution >= 0.6 is 0 Å². The highest BCUT2D eigenvalue weighted by molar-refractivity contribution is 6.78. The quantitative estimate of drug-likeness (QED) is 0.628. The molecule has 0 heterocycles. The lowest BCUT2D eigenvalue weighted by atomic mass is 10.6. The summed E-state index contributed by atoms with van der Waals surface area (Å²) in [6.45, 7) is 9.42. The number of rotatable bonds is 7. The molecule has 0 saturated carbocycles. The van der Waals surface area contributed by atoms with E-state index in [2.05, 4.69) is 26.6 Å². The van der Waals surface area contributed by atoms with Gasteiger partial charge in [0.25, 0.3) is 0 Å². The van der Waals surface area contributed by atoms with Gasteiger partial charge in [0.1, 0.15) is 0 Å². The molecule has 0 aromatic heterocycles. The van der Waals surface area contributed by atoms with Crippen molar-refractivity contribution >= 4 is 16.6 Å². The third-order valence-corrected chi connectivity index (χ3v) is 8.64. The van der Waals surface area contributed by atoms with Crippen molar-refractivity contribution in [3.05, 3.63) is 0 Å². The highest BCUT2D eigenvalue weighted by atomic mass is 28.4. The van der Waals surface area contributed by atoms with Crippen molar-refractivity contribution in [3.63, 3.8) is 0 Å². The van der Waals surface area contributed by atoms with Crippen LogP contribution in [0.1, 0.15) is 13.3 Å². The van der Waals surface area contributed by atoms with Crippen LogP contribution in [0.3, 0.4) is 0 Å². The van der Waals surface area contributed by atoms with Gasteiger partial charge in [-0.15, -0.1) is 0 Å². The summed E-state index contributed by atoms with van der Waals surface area (Å²) >= 11 is 0. The van der Waals surface area contributed by atoms with Gasteiger partial charge in [-0.25, -0.2) is 0 Å². The molecule has 0 aliphatic heterocycles. The van der Waals surface area contributed by atoms with Crippen molar-refractivity contribution in [3.8, 4) is 0 Å². The van der Waals surface area contributed by atoms with Crippen molar-refractivity contribution in [2.45, 2.75) is 51.1 Å². The molecule has 0 bridgehead atoms. The summed E-state index contributed by atoms with van der Waals surface area (Å²) in [4.78, 5) is 0. The Labute approximate surface area is 91.3 Å². The predicted octanol–water partition coefficient (Wildman–Crippen LogP) is 3.47. The Hall–Kier alpha value is 0.354. The van der Waals surface area contributed by atoms with E-state index in [0.29, 0.717) is 0 Å². The highest BCUT2D eigenvalue weighted by Gasteiger charge is 2.35. The summed E-state index contributed by atoms with van der Waals surface area (Å²) in [7, 11) is 0.858. The molecule has 0 amide bonds. The molecule has 0 aliphatic rings. The fourth-order valence-corrected chi connectivity index (χ4v) is 8.08. The SMILES string of the molecule is CCC[Si](CC[Si](C)(C)C)(OC)OC. The second kappa shape index (κ2) is 6.05. The predicted molar refractivity (Wildman–Crippen MR) is 67.8 cm³/mol. The number of hydrogen-bond acceptors (Lipinski definition) is 2. The van der Waals surface area contributed by atoms with Crippen LogP contribution in [-0.4, -0.2) is 30.9 Å². The highest BCUT2D eigenvalue weighted by Crippen LogP contribution is 2.25. The van der Waals surface area contributed by atoms with Crippen molar-refractivity contribution < 1.29 is 8.85 Å². The summed E-state index contributed by atoms with van der Waals surface area (Å²) in [6, 6.07) is 3.62. The molecule has 2 nitrogen and oxygen atoms in total. The van der Waals surface area contributed by atoms with Crippen LogP contribution in [0, 0.1) is 0 Å². The van der Waals surface area contributed by atoms with E-state index in [1.165, 1.54) is 18.5 Å². The van der Waals surface area contributed by atoms with E-state index in [9.17, 15) is 0 Å². The van der Waals surface area contributed by atoms with Gasteiger partial charge in [0.05, 0.1) is 0 Å². The zero-order chi connectivity index (χ0) is 11.2. The Bertz CT molecular complexity index is 151. The van der Waals surface area contributed by atoms with Gasteiger partial charge >= 0.3 is 8.56 Å². The molecule has 86 valence electrons. The van der Waals surface area contributed by atoms with Crippen molar-refractivity contribution in [2.24, 2.45) is 0 Å². The molecule has 0 rings (SSSR count). The maximum atomic E-state index is 5.66. The largest absolute Gasteiger partial charge is 0.398 e. The van der Waals surface area contributed by atoms with Gasteiger partial charge in [0.2, 0.25) is 0 Å². The Balaban J connectivity index is 4.21. The van der Waals surface area contributed by atoms with Gasteiger partial charge in [-0.1, -0.05) is 39.0 Å². The molecule has 0 aromatic carbocycles. The molecule has 0 fully saturated rings. The zero-order valence-corrected chi connectivity index (χ0v) is 12.6. The molecule has 0 aliphatic carbocycles. The third-order valence-electron chi connectivity index (χ3n) is 2.63. The van der Waals surface area contributed by atoms with E-state index < -0.39 is 16.6 Å². The second-order valence-electron chi connectivity index (χ2n) is 5.13. The molecule has 0 N–H and O–H groups in total. The first-order chi connectivity index (χ1) is 6.39. The standard InChI is InChI=1S/C10H26O2Si2/c1-7-8-14(11-2,12-3)10-9-13(4,5)6/h7-10H2,1-6H3. The summed E-state index contributed by atoms with van der Waals surface area (Å²) in [6.07, 6.45) is 1.17. The average Bonchev–Trinajstić information content (AvgIpc) is 2.11. The van der Waals surface area contributed by atoms with E-state index in [4.69, 9.17) is 8.85 Å². The minimum atomic E-state index is -1.82. The Kier molecular flexibility index (Phi) is 6.20. The minimum absolute atomic E-state index is 0.954. The Morgan fingerprint density at radius 2 is 1.36 bits per heavy atom. The Morgan fingerprint density at radius 1 is 0.857 bits per heavy atom. The minimum Gasteiger partial charge on any atom is -0.398 e. The van der Waals surface area contributed by atoms with Crippen LogP contribution in [0.15, 0.2) is 0 Å². The average molecular weight is 234 g/mol. The monoisotopic (exact) mass is 234 g/mol. The van der Waals surface area contributed by atoms with E-state index in [0.717, 1.165) is 6.04 Å². The van der Waals surface area contributed by atoms with E-state index in [1.54, 1.807) is 0 Å². The maximum absolute atomic E-state index is 5.66. The van der Waals surface area contributed by atoms with Crippen LogP contribution < -0.4 is 0 Å². The lowest BCUT2D eigenvalue weighted by molar-refractivity contribution is 0.242. The van der Waals surface area contributed by atoms with Crippen LogP contribution in [0.25, 0.3) is 0 Å². The zero-order valence-electron chi connectivity index (χ0n) is 10.6. The van der Waals surface area contributed by atoms with Crippen LogP contribution in [0.5, 0.6) is 0 Å². The summed E-state index contributed by atoms with van der Waals surface area (Å²) < 4.78 is 11.3. The third kappa shape index (κ3) is 5.29. The van der Waals surface area contributed by atoms with Crippen molar-refractivity contribution in [1.29, 1.82) is 0 Å².